The first-order chi connectivity index (χ1) is 7.79. The molecule has 0 spiro atoms. The van der Waals surface area contributed by atoms with E-state index in [-0.39, 0.29) is 12.6 Å². The zero-order chi connectivity index (χ0) is 11.1. The molecule has 0 saturated heterocycles. The Hall–Kier alpha value is -1.95. The highest BCUT2D eigenvalue weighted by atomic mass is 16.3. The highest BCUT2D eigenvalue weighted by molar-refractivity contribution is 5.76. The fourth-order valence-corrected chi connectivity index (χ4v) is 1.73. The lowest BCUT2D eigenvalue weighted by molar-refractivity contribution is 0.344. The molecule has 1 fully saturated rings. The third-order valence-electron chi connectivity index (χ3n) is 2.66. The van der Waals surface area contributed by atoms with Gasteiger partial charge in [0.25, 0.3) is 0 Å². The summed E-state index contributed by atoms with van der Waals surface area (Å²) in [4.78, 5) is 12.2. The van der Waals surface area contributed by atoms with Crippen LogP contribution in [-0.4, -0.2) is 31.2 Å². The van der Waals surface area contributed by atoms with Gasteiger partial charge in [0, 0.05) is 0 Å². The Morgan fingerprint density at radius 3 is 2.94 bits per heavy atom. The summed E-state index contributed by atoms with van der Waals surface area (Å²) in [5.41, 5.74) is 8.98. The lowest BCUT2D eigenvalue weighted by Gasteiger charge is -2.05. The Bertz CT molecular complexity index is 580. The maximum Gasteiger partial charge on any atom is 0.222 e. The number of hydrogen-bond donors (Lipinski definition) is 2. The van der Waals surface area contributed by atoms with E-state index in [0.717, 1.165) is 18.5 Å². The van der Waals surface area contributed by atoms with Gasteiger partial charge in [-0.05, 0) is 18.4 Å². The van der Waals surface area contributed by atoms with Crippen LogP contribution in [0.2, 0.25) is 0 Å². The van der Waals surface area contributed by atoms with Gasteiger partial charge in [-0.3, -0.25) is 4.57 Å². The van der Waals surface area contributed by atoms with Crippen LogP contribution in [-0.2, 0) is 0 Å². The SMILES string of the molecule is Nc1ncc2ncn(C(CO)=C3CC3)c2n1. The van der Waals surface area contributed by atoms with Gasteiger partial charge in [-0.25, -0.2) is 9.97 Å². The summed E-state index contributed by atoms with van der Waals surface area (Å²) in [6.45, 7) is -0.00923. The lowest BCUT2D eigenvalue weighted by Crippen LogP contribution is -2.03. The number of aromatic nitrogens is 4. The van der Waals surface area contributed by atoms with Gasteiger partial charge in [-0.15, -0.1) is 0 Å². The number of imidazole rings is 1. The van der Waals surface area contributed by atoms with E-state index in [4.69, 9.17) is 5.73 Å². The van der Waals surface area contributed by atoms with Crippen molar-refractivity contribution in [1.82, 2.24) is 19.5 Å². The smallest absolute Gasteiger partial charge is 0.222 e. The Labute approximate surface area is 91.5 Å². The van der Waals surface area contributed by atoms with Gasteiger partial charge < -0.3 is 10.8 Å². The van der Waals surface area contributed by atoms with Crippen LogP contribution < -0.4 is 5.73 Å². The summed E-state index contributed by atoms with van der Waals surface area (Å²) in [7, 11) is 0. The molecule has 6 nitrogen and oxygen atoms in total. The second kappa shape index (κ2) is 3.28. The van der Waals surface area contributed by atoms with E-state index in [1.54, 1.807) is 17.1 Å². The summed E-state index contributed by atoms with van der Waals surface area (Å²) in [5.74, 6) is 0.215. The average molecular weight is 217 g/mol. The Morgan fingerprint density at radius 1 is 1.44 bits per heavy atom. The van der Waals surface area contributed by atoms with Crippen molar-refractivity contribution in [2.24, 2.45) is 0 Å². The highest BCUT2D eigenvalue weighted by Crippen LogP contribution is 2.34. The van der Waals surface area contributed by atoms with E-state index in [9.17, 15) is 5.11 Å². The minimum Gasteiger partial charge on any atom is -0.390 e. The summed E-state index contributed by atoms with van der Waals surface area (Å²) in [6.07, 6.45) is 5.31. The normalized spacial score (nSPS) is 14.4. The van der Waals surface area contributed by atoms with Crippen molar-refractivity contribution in [3.63, 3.8) is 0 Å². The molecule has 82 valence electrons. The van der Waals surface area contributed by atoms with Crippen molar-refractivity contribution in [3.8, 4) is 0 Å². The molecule has 0 atom stereocenters. The van der Waals surface area contributed by atoms with Gasteiger partial charge in [0.05, 0.1) is 18.5 Å². The highest BCUT2D eigenvalue weighted by Gasteiger charge is 2.20. The van der Waals surface area contributed by atoms with Gasteiger partial charge >= 0.3 is 0 Å². The largest absolute Gasteiger partial charge is 0.390 e. The Kier molecular flexibility index (Phi) is 1.90. The molecule has 0 radical (unpaired) electrons. The van der Waals surface area contributed by atoms with Crippen molar-refractivity contribution in [3.05, 3.63) is 18.1 Å². The zero-order valence-electron chi connectivity index (χ0n) is 8.59. The maximum atomic E-state index is 9.36. The summed E-state index contributed by atoms with van der Waals surface area (Å²) >= 11 is 0. The first-order valence-electron chi connectivity index (χ1n) is 5.07. The average Bonchev–Trinajstić information content (AvgIpc) is 3.03. The molecule has 1 aliphatic carbocycles. The Balaban J connectivity index is 2.24. The third kappa shape index (κ3) is 1.35. The van der Waals surface area contributed by atoms with Crippen molar-refractivity contribution < 1.29 is 5.11 Å². The third-order valence-corrected chi connectivity index (χ3v) is 2.66. The Morgan fingerprint density at radius 2 is 2.25 bits per heavy atom. The topological polar surface area (TPSA) is 89.8 Å². The summed E-state index contributed by atoms with van der Waals surface area (Å²) in [5, 5.41) is 9.36. The van der Waals surface area contributed by atoms with Crippen molar-refractivity contribution in [2.45, 2.75) is 12.8 Å². The first kappa shape index (κ1) is 9.29. The number of allylic oxidation sites excluding steroid dienone is 1. The number of nitrogens with zero attached hydrogens (tertiary/aromatic N) is 4. The van der Waals surface area contributed by atoms with E-state index in [2.05, 4.69) is 15.0 Å². The fraction of sp³-hybridized carbons (Fsp3) is 0.300. The van der Waals surface area contributed by atoms with E-state index < -0.39 is 0 Å². The molecule has 0 aromatic carbocycles. The molecule has 16 heavy (non-hydrogen) atoms. The summed E-state index contributed by atoms with van der Waals surface area (Å²) in [6, 6.07) is 0. The van der Waals surface area contributed by atoms with Crippen LogP contribution in [0.4, 0.5) is 5.95 Å². The first-order valence-corrected chi connectivity index (χ1v) is 5.07. The number of rotatable bonds is 2. The van der Waals surface area contributed by atoms with Crippen LogP contribution in [0.15, 0.2) is 18.1 Å². The van der Waals surface area contributed by atoms with Crippen LogP contribution in [0.25, 0.3) is 16.9 Å². The minimum atomic E-state index is -0.00923. The molecule has 2 heterocycles. The molecule has 1 aliphatic rings. The van der Waals surface area contributed by atoms with Crippen LogP contribution in [0.5, 0.6) is 0 Å². The minimum absolute atomic E-state index is 0.00923. The number of fused-ring (bicyclic) bond motifs is 1. The van der Waals surface area contributed by atoms with Crippen LogP contribution in [0.3, 0.4) is 0 Å². The standard InChI is InChI=1S/C10H11N5O/c11-10-12-3-7-9(14-10)15(5-13-7)8(4-16)6-1-2-6/h3,5,16H,1-2,4H2,(H2,11,12,14). The molecule has 0 aliphatic heterocycles. The fourth-order valence-electron chi connectivity index (χ4n) is 1.73. The molecule has 2 aromatic rings. The maximum absolute atomic E-state index is 9.36. The molecule has 0 bridgehead atoms. The number of nitrogen functional groups attached to an aromatic ring is 1. The van der Waals surface area contributed by atoms with Crippen LogP contribution in [0, 0.1) is 0 Å². The number of nitrogens with two attached hydrogens (primary N) is 1. The second-order valence-corrected chi connectivity index (χ2v) is 3.76. The molecular formula is C10H11N5O. The number of anilines is 1. The van der Waals surface area contributed by atoms with Crippen molar-refractivity contribution >= 4 is 22.8 Å². The van der Waals surface area contributed by atoms with Crippen molar-refractivity contribution in [1.29, 1.82) is 0 Å². The molecule has 0 unspecified atom stereocenters. The van der Waals surface area contributed by atoms with Gasteiger partial charge in [0.2, 0.25) is 5.95 Å². The molecule has 3 N–H and O–H groups in total. The van der Waals surface area contributed by atoms with E-state index in [0.29, 0.717) is 11.2 Å². The molecule has 1 saturated carbocycles. The molecule has 3 rings (SSSR count). The van der Waals surface area contributed by atoms with Crippen LogP contribution in [0.1, 0.15) is 12.8 Å². The number of hydrogen-bond acceptors (Lipinski definition) is 5. The number of aliphatic hydroxyl groups excluding tert-OH is 1. The summed E-state index contributed by atoms with van der Waals surface area (Å²) < 4.78 is 1.79. The molecule has 6 heteroatoms. The molecule has 0 amide bonds. The van der Waals surface area contributed by atoms with Gasteiger partial charge in [-0.1, -0.05) is 0 Å². The van der Waals surface area contributed by atoms with E-state index in [1.165, 1.54) is 5.57 Å². The van der Waals surface area contributed by atoms with Gasteiger partial charge in [0.1, 0.15) is 11.8 Å². The number of aliphatic hydroxyl groups is 1. The quantitative estimate of drug-likeness (QED) is 0.760. The van der Waals surface area contributed by atoms with Gasteiger partial charge in [-0.2, -0.15) is 4.98 Å². The lowest BCUT2D eigenvalue weighted by atomic mass is 10.4. The molecular weight excluding hydrogens is 206 g/mol. The van der Waals surface area contributed by atoms with Gasteiger partial charge in [0.15, 0.2) is 5.65 Å². The van der Waals surface area contributed by atoms with E-state index in [1.807, 2.05) is 0 Å². The molecule has 2 aromatic heterocycles. The predicted molar refractivity (Wildman–Crippen MR) is 59.3 cm³/mol. The monoisotopic (exact) mass is 217 g/mol. The second-order valence-electron chi connectivity index (χ2n) is 3.76. The van der Waals surface area contributed by atoms with Crippen LogP contribution >= 0.6 is 0 Å². The zero-order valence-corrected chi connectivity index (χ0v) is 8.59. The van der Waals surface area contributed by atoms with E-state index >= 15 is 0 Å². The van der Waals surface area contributed by atoms with Crippen molar-refractivity contribution in [2.75, 3.05) is 12.3 Å². The predicted octanol–water partition coefficient (Wildman–Crippen LogP) is 0.406.